The maximum atomic E-state index is 12.0. The average Bonchev–Trinajstić information content (AvgIpc) is 2.46. The lowest BCUT2D eigenvalue weighted by Gasteiger charge is -2.29. The Balaban J connectivity index is 2.15. The number of para-hydroxylation sites is 1. The molecule has 3 nitrogen and oxygen atoms in total. The van der Waals surface area contributed by atoms with Crippen LogP contribution in [0, 0.1) is 0 Å². The van der Waals surface area contributed by atoms with Crippen molar-refractivity contribution >= 4 is 27.4 Å². The molecule has 2 aromatic rings. The highest BCUT2D eigenvalue weighted by Gasteiger charge is 2.24. The van der Waals surface area contributed by atoms with Crippen LogP contribution in [0.2, 0.25) is 0 Å². The Morgan fingerprint density at radius 3 is 2.30 bits per heavy atom. The maximum absolute atomic E-state index is 12.0. The van der Waals surface area contributed by atoms with Crippen LogP contribution in [0.1, 0.15) is 11.1 Å². The fourth-order valence-electron chi connectivity index (χ4n) is 2.43. The number of anilines is 1. The zero-order valence-electron chi connectivity index (χ0n) is 11.2. The molecule has 0 amide bonds. The van der Waals surface area contributed by atoms with Gasteiger partial charge in [0.1, 0.15) is 0 Å². The van der Waals surface area contributed by atoms with E-state index in [1.165, 1.54) is 10.6 Å². The maximum Gasteiger partial charge on any atom is 0.232 e. The first-order chi connectivity index (χ1) is 9.55. The largest absolute Gasteiger partial charge is 0.265 e. The van der Waals surface area contributed by atoms with E-state index >= 15 is 0 Å². The Morgan fingerprint density at radius 1 is 0.950 bits per heavy atom. The number of rotatable bonds is 2. The fraction of sp³-hybridized carbons (Fsp3) is 0.125. The summed E-state index contributed by atoms with van der Waals surface area (Å²) in [4.78, 5) is 0. The van der Waals surface area contributed by atoms with E-state index in [1.54, 1.807) is 0 Å². The number of nitrogens with zero attached hydrogens (tertiary/aromatic N) is 1. The van der Waals surface area contributed by atoms with Gasteiger partial charge in [-0.15, -0.1) is 0 Å². The molecule has 20 heavy (non-hydrogen) atoms. The van der Waals surface area contributed by atoms with Gasteiger partial charge >= 0.3 is 0 Å². The lowest BCUT2D eigenvalue weighted by molar-refractivity contribution is 0.599. The van der Waals surface area contributed by atoms with Crippen LogP contribution in [0.15, 0.2) is 54.6 Å². The highest BCUT2D eigenvalue weighted by molar-refractivity contribution is 7.92. The predicted octanol–water partition coefficient (Wildman–Crippen LogP) is 3.01. The van der Waals surface area contributed by atoms with Gasteiger partial charge in [0.05, 0.1) is 18.5 Å². The summed E-state index contributed by atoms with van der Waals surface area (Å²) in [7, 11) is -3.29. The number of sulfonamides is 1. The van der Waals surface area contributed by atoms with E-state index in [4.69, 9.17) is 0 Å². The summed E-state index contributed by atoms with van der Waals surface area (Å²) in [5.74, 6) is 0. The molecule has 1 aliphatic heterocycles. The number of hydrogen-bond donors (Lipinski definition) is 0. The molecule has 2 aromatic carbocycles. The van der Waals surface area contributed by atoms with Crippen molar-refractivity contribution in [1.29, 1.82) is 0 Å². The van der Waals surface area contributed by atoms with Crippen LogP contribution in [-0.2, 0) is 10.0 Å². The molecule has 1 heterocycles. The first-order valence-corrected chi connectivity index (χ1v) is 8.23. The van der Waals surface area contributed by atoms with E-state index in [2.05, 4.69) is 6.08 Å². The van der Waals surface area contributed by atoms with E-state index in [0.29, 0.717) is 6.54 Å². The van der Waals surface area contributed by atoms with Crippen molar-refractivity contribution in [2.24, 2.45) is 0 Å². The smallest absolute Gasteiger partial charge is 0.232 e. The van der Waals surface area contributed by atoms with Gasteiger partial charge in [0.2, 0.25) is 10.0 Å². The third kappa shape index (κ3) is 2.34. The molecule has 0 radical (unpaired) electrons. The molecular weight excluding hydrogens is 270 g/mol. The Hall–Kier alpha value is -2.07. The summed E-state index contributed by atoms with van der Waals surface area (Å²) in [6.07, 6.45) is 3.31. The Labute approximate surface area is 119 Å². The minimum absolute atomic E-state index is 0.375. The first kappa shape index (κ1) is 12.9. The third-order valence-corrected chi connectivity index (χ3v) is 4.52. The Morgan fingerprint density at radius 2 is 1.60 bits per heavy atom. The monoisotopic (exact) mass is 285 g/mol. The van der Waals surface area contributed by atoms with Gasteiger partial charge in [-0.2, -0.15) is 0 Å². The number of fused-ring (bicyclic) bond motifs is 1. The van der Waals surface area contributed by atoms with E-state index in [9.17, 15) is 8.42 Å². The summed E-state index contributed by atoms with van der Waals surface area (Å²) >= 11 is 0. The quantitative estimate of drug-likeness (QED) is 0.850. The summed E-state index contributed by atoms with van der Waals surface area (Å²) in [6.45, 7) is 0.375. The van der Waals surface area contributed by atoms with Crippen LogP contribution < -0.4 is 4.31 Å². The minimum atomic E-state index is -3.29. The second kappa shape index (κ2) is 4.80. The molecule has 0 saturated carbocycles. The van der Waals surface area contributed by atoms with Gasteiger partial charge in [-0.25, -0.2) is 8.42 Å². The van der Waals surface area contributed by atoms with Gasteiger partial charge in [-0.1, -0.05) is 48.5 Å². The van der Waals surface area contributed by atoms with Crippen molar-refractivity contribution in [2.75, 3.05) is 17.1 Å². The summed E-state index contributed by atoms with van der Waals surface area (Å²) in [5.41, 5.74) is 3.74. The Bertz CT molecular complexity index is 764. The van der Waals surface area contributed by atoms with Crippen LogP contribution in [0.5, 0.6) is 0 Å². The molecule has 102 valence electrons. The summed E-state index contributed by atoms with van der Waals surface area (Å²) in [6, 6.07) is 17.4. The SMILES string of the molecule is CS(=O)(=O)N1CC(c2ccccc2)=Cc2ccccc21. The lowest BCUT2D eigenvalue weighted by Crippen LogP contribution is -2.33. The zero-order chi connectivity index (χ0) is 14.2. The van der Waals surface area contributed by atoms with Gasteiger partial charge in [0.15, 0.2) is 0 Å². The molecule has 4 heteroatoms. The van der Waals surface area contributed by atoms with Gasteiger partial charge in [0, 0.05) is 0 Å². The number of hydrogen-bond acceptors (Lipinski definition) is 2. The molecule has 0 aromatic heterocycles. The average molecular weight is 285 g/mol. The molecule has 0 bridgehead atoms. The predicted molar refractivity (Wildman–Crippen MR) is 82.9 cm³/mol. The van der Waals surface area contributed by atoms with Crippen molar-refractivity contribution < 1.29 is 8.42 Å². The molecule has 0 atom stereocenters. The molecule has 0 saturated heterocycles. The molecule has 0 spiro atoms. The molecule has 0 N–H and O–H groups in total. The topological polar surface area (TPSA) is 37.4 Å². The second-order valence-electron chi connectivity index (χ2n) is 4.86. The van der Waals surface area contributed by atoms with Gasteiger partial charge in [-0.05, 0) is 28.8 Å². The van der Waals surface area contributed by atoms with E-state index in [-0.39, 0.29) is 0 Å². The van der Waals surface area contributed by atoms with Crippen molar-refractivity contribution in [2.45, 2.75) is 0 Å². The normalized spacial score (nSPS) is 14.7. The van der Waals surface area contributed by atoms with Crippen molar-refractivity contribution in [3.05, 3.63) is 65.7 Å². The van der Waals surface area contributed by atoms with Crippen LogP contribution in [0.25, 0.3) is 11.6 Å². The van der Waals surface area contributed by atoms with E-state index in [0.717, 1.165) is 22.4 Å². The third-order valence-electron chi connectivity index (χ3n) is 3.39. The molecule has 0 fully saturated rings. The fourth-order valence-corrected chi connectivity index (χ4v) is 3.33. The molecule has 0 unspecified atom stereocenters. The van der Waals surface area contributed by atoms with Gasteiger partial charge in [0.25, 0.3) is 0 Å². The molecule has 3 rings (SSSR count). The summed E-state index contributed by atoms with van der Waals surface area (Å²) < 4.78 is 25.5. The van der Waals surface area contributed by atoms with Crippen LogP contribution >= 0.6 is 0 Å². The van der Waals surface area contributed by atoms with Gasteiger partial charge < -0.3 is 0 Å². The van der Waals surface area contributed by atoms with Gasteiger partial charge in [-0.3, -0.25) is 4.31 Å². The van der Waals surface area contributed by atoms with Crippen molar-refractivity contribution in [3.8, 4) is 0 Å². The Kier molecular flexibility index (Phi) is 3.10. The molecule has 1 aliphatic rings. The van der Waals surface area contributed by atoms with Crippen LogP contribution in [0.4, 0.5) is 5.69 Å². The number of benzene rings is 2. The lowest BCUT2D eigenvalue weighted by atomic mass is 9.99. The van der Waals surface area contributed by atoms with E-state index in [1.807, 2.05) is 54.6 Å². The van der Waals surface area contributed by atoms with Crippen molar-refractivity contribution in [1.82, 2.24) is 0 Å². The van der Waals surface area contributed by atoms with E-state index < -0.39 is 10.0 Å². The molecule has 0 aliphatic carbocycles. The van der Waals surface area contributed by atoms with Crippen LogP contribution in [-0.4, -0.2) is 21.2 Å². The standard InChI is InChI=1S/C16H15NO2S/c1-20(18,19)17-12-15(13-7-3-2-4-8-13)11-14-9-5-6-10-16(14)17/h2-11H,12H2,1H3. The first-order valence-electron chi connectivity index (χ1n) is 6.38. The van der Waals surface area contributed by atoms with Crippen molar-refractivity contribution in [3.63, 3.8) is 0 Å². The minimum Gasteiger partial charge on any atom is -0.265 e. The molecular formula is C16H15NO2S. The summed E-state index contributed by atoms with van der Waals surface area (Å²) in [5, 5.41) is 0. The highest BCUT2D eigenvalue weighted by atomic mass is 32.2. The highest BCUT2D eigenvalue weighted by Crippen LogP contribution is 2.33. The zero-order valence-corrected chi connectivity index (χ0v) is 12.0. The second-order valence-corrected chi connectivity index (χ2v) is 6.77. The van der Waals surface area contributed by atoms with Crippen LogP contribution in [0.3, 0.4) is 0 Å².